The van der Waals surface area contributed by atoms with Crippen molar-refractivity contribution in [2.24, 2.45) is 0 Å². The highest BCUT2D eigenvalue weighted by Crippen LogP contribution is 2.18. The minimum absolute atomic E-state index is 0.394. The van der Waals surface area contributed by atoms with Crippen LogP contribution < -0.4 is 5.32 Å². The fraction of sp³-hybridized carbons (Fsp3) is 0.765. The zero-order valence-electron chi connectivity index (χ0n) is 13.8. The van der Waals surface area contributed by atoms with Crippen LogP contribution in [0, 0.1) is 6.92 Å². The molecule has 2 rings (SSSR count). The Morgan fingerprint density at radius 3 is 2.95 bits per heavy atom. The lowest BCUT2D eigenvalue weighted by Crippen LogP contribution is -2.32. The molecule has 1 aliphatic heterocycles. The lowest BCUT2D eigenvalue weighted by atomic mass is 10.1. The number of nitrogens with one attached hydrogen (secondary N) is 1. The van der Waals surface area contributed by atoms with Gasteiger partial charge in [-0.2, -0.15) is 0 Å². The van der Waals surface area contributed by atoms with Crippen molar-refractivity contribution < 1.29 is 9.15 Å². The van der Waals surface area contributed by atoms with Gasteiger partial charge in [0.2, 0.25) is 0 Å². The normalized spacial score (nSPS) is 19.3. The van der Waals surface area contributed by atoms with Crippen LogP contribution in [-0.4, -0.2) is 37.7 Å². The van der Waals surface area contributed by atoms with E-state index in [0.29, 0.717) is 6.10 Å². The third-order valence-electron chi connectivity index (χ3n) is 4.03. The van der Waals surface area contributed by atoms with Gasteiger partial charge in [-0.05, 0) is 52.3 Å². The first-order chi connectivity index (χ1) is 10.2. The van der Waals surface area contributed by atoms with Gasteiger partial charge in [-0.1, -0.05) is 6.92 Å². The number of nitrogens with zero attached hydrogens (tertiary/aromatic N) is 1. The van der Waals surface area contributed by atoms with Gasteiger partial charge in [-0.15, -0.1) is 0 Å². The first kappa shape index (κ1) is 16.5. The average molecular weight is 294 g/mol. The summed E-state index contributed by atoms with van der Waals surface area (Å²) >= 11 is 0. The van der Waals surface area contributed by atoms with Crippen molar-refractivity contribution in [1.29, 1.82) is 0 Å². The van der Waals surface area contributed by atoms with Gasteiger partial charge >= 0.3 is 0 Å². The molecule has 0 aromatic carbocycles. The fourth-order valence-corrected chi connectivity index (χ4v) is 2.87. The summed E-state index contributed by atoms with van der Waals surface area (Å²) in [6.07, 6.45) is 5.25. The van der Waals surface area contributed by atoms with E-state index in [2.05, 4.69) is 37.2 Å². The van der Waals surface area contributed by atoms with E-state index >= 15 is 0 Å². The van der Waals surface area contributed by atoms with Crippen molar-refractivity contribution in [3.8, 4) is 0 Å². The number of hydrogen-bond acceptors (Lipinski definition) is 4. The second-order valence-electron chi connectivity index (χ2n) is 6.16. The van der Waals surface area contributed by atoms with E-state index < -0.39 is 0 Å². The molecule has 21 heavy (non-hydrogen) atoms. The SMILES string of the molecule is CCCNCc1cc(CN(C)CC2CCCCO2)oc1C. The molecule has 1 unspecified atom stereocenters. The molecule has 1 aromatic rings. The average Bonchev–Trinajstić information content (AvgIpc) is 2.80. The zero-order valence-corrected chi connectivity index (χ0v) is 13.8. The van der Waals surface area contributed by atoms with Crippen molar-refractivity contribution >= 4 is 0 Å². The van der Waals surface area contributed by atoms with Crippen LogP contribution in [0.3, 0.4) is 0 Å². The minimum Gasteiger partial charge on any atom is -0.465 e. The maximum Gasteiger partial charge on any atom is 0.118 e. The second kappa shape index (κ2) is 8.57. The van der Waals surface area contributed by atoms with Crippen LogP contribution in [0.15, 0.2) is 10.5 Å². The highest BCUT2D eigenvalue weighted by atomic mass is 16.5. The highest BCUT2D eigenvalue weighted by Gasteiger charge is 2.17. The van der Waals surface area contributed by atoms with Gasteiger partial charge in [0.15, 0.2) is 0 Å². The molecule has 0 aliphatic carbocycles. The summed E-state index contributed by atoms with van der Waals surface area (Å²) in [5, 5.41) is 3.43. The van der Waals surface area contributed by atoms with Crippen LogP contribution in [-0.2, 0) is 17.8 Å². The molecule has 0 radical (unpaired) electrons. The maximum atomic E-state index is 5.88. The highest BCUT2D eigenvalue weighted by molar-refractivity contribution is 5.20. The maximum absolute atomic E-state index is 5.88. The van der Waals surface area contributed by atoms with E-state index in [-0.39, 0.29) is 0 Å². The molecule has 4 nitrogen and oxygen atoms in total. The number of likely N-dealkylation sites (N-methyl/N-ethyl adjacent to an activating group) is 1. The first-order valence-electron chi connectivity index (χ1n) is 8.28. The van der Waals surface area contributed by atoms with Gasteiger partial charge in [0.1, 0.15) is 11.5 Å². The van der Waals surface area contributed by atoms with Crippen LogP contribution in [0.1, 0.15) is 49.7 Å². The number of aryl methyl sites for hydroxylation is 1. The van der Waals surface area contributed by atoms with Crippen molar-refractivity contribution in [2.75, 3.05) is 26.7 Å². The summed E-state index contributed by atoms with van der Waals surface area (Å²) < 4.78 is 11.7. The molecule has 1 aromatic heterocycles. The molecule has 4 heteroatoms. The van der Waals surface area contributed by atoms with Gasteiger partial charge in [0.05, 0.1) is 12.6 Å². The van der Waals surface area contributed by atoms with E-state index in [1.807, 2.05) is 0 Å². The van der Waals surface area contributed by atoms with Crippen molar-refractivity contribution in [3.63, 3.8) is 0 Å². The number of hydrogen-bond donors (Lipinski definition) is 1. The lowest BCUT2D eigenvalue weighted by molar-refractivity contribution is -0.00340. The van der Waals surface area contributed by atoms with E-state index in [1.54, 1.807) is 0 Å². The molecule has 1 aliphatic rings. The monoisotopic (exact) mass is 294 g/mol. The Labute approximate surface area is 128 Å². The van der Waals surface area contributed by atoms with Gasteiger partial charge < -0.3 is 14.5 Å². The Morgan fingerprint density at radius 2 is 2.24 bits per heavy atom. The third kappa shape index (κ3) is 5.46. The topological polar surface area (TPSA) is 37.6 Å². The van der Waals surface area contributed by atoms with Crippen LogP contribution in [0.2, 0.25) is 0 Å². The van der Waals surface area contributed by atoms with Crippen LogP contribution in [0.5, 0.6) is 0 Å². The summed E-state index contributed by atoms with van der Waals surface area (Å²) in [6, 6.07) is 2.19. The van der Waals surface area contributed by atoms with Crippen molar-refractivity contribution in [3.05, 3.63) is 23.2 Å². The molecule has 0 bridgehead atoms. The van der Waals surface area contributed by atoms with E-state index in [1.165, 1.54) is 24.8 Å². The molecular formula is C17H30N2O2. The Balaban J connectivity index is 1.79. The number of ether oxygens (including phenoxy) is 1. The quantitative estimate of drug-likeness (QED) is 0.748. The molecule has 0 amide bonds. The van der Waals surface area contributed by atoms with E-state index in [0.717, 1.165) is 50.7 Å². The van der Waals surface area contributed by atoms with Crippen molar-refractivity contribution in [2.45, 2.75) is 58.7 Å². The van der Waals surface area contributed by atoms with Crippen molar-refractivity contribution in [1.82, 2.24) is 10.2 Å². The molecule has 2 heterocycles. The number of rotatable bonds is 8. The van der Waals surface area contributed by atoms with Gasteiger partial charge in [-0.25, -0.2) is 0 Å². The largest absolute Gasteiger partial charge is 0.465 e. The smallest absolute Gasteiger partial charge is 0.118 e. The summed E-state index contributed by atoms with van der Waals surface area (Å²) in [5.74, 6) is 2.09. The molecule has 1 N–H and O–H groups in total. The summed E-state index contributed by atoms with van der Waals surface area (Å²) in [4.78, 5) is 2.30. The van der Waals surface area contributed by atoms with Crippen LogP contribution in [0.4, 0.5) is 0 Å². The first-order valence-corrected chi connectivity index (χ1v) is 8.28. The predicted molar refractivity (Wildman–Crippen MR) is 85.4 cm³/mol. The minimum atomic E-state index is 0.394. The number of furan rings is 1. The Hall–Kier alpha value is -0.840. The molecule has 1 atom stereocenters. The molecule has 0 saturated carbocycles. The predicted octanol–water partition coefficient (Wildman–Crippen LogP) is 3.09. The van der Waals surface area contributed by atoms with Crippen LogP contribution in [0.25, 0.3) is 0 Å². The molecule has 1 saturated heterocycles. The zero-order chi connectivity index (χ0) is 15.1. The summed E-state index contributed by atoms with van der Waals surface area (Å²) in [5.41, 5.74) is 1.28. The lowest BCUT2D eigenvalue weighted by Gasteiger charge is -2.26. The van der Waals surface area contributed by atoms with E-state index in [9.17, 15) is 0 Å². The van der Waals surface area contributed by atoms with Gasteiger partial charge in [-0.3, -0.25) is 4.90 Å². The Kier molecular flexibility index (Phi) is 6.74. The molecular weight excluding hydrogens is 264 g/mol. The molecule has 1 fully saturated rings. The van der Waals surface area contributed by atoms with Gasteiger partial charge in [0, 0.05) is 25.3 Å². The van der Waals surface area contributed by atoms with Gasteiger partial charge in [0.25, 0.3) is 0 Å². The van der Waals surface area contributed by atoms with E-state index in [4.69, 9.17) is 9.15 Å². The fourth-order valence-electron chi connectivity index (χ4n) is 2.87. The molecule has 120 valence electrons. The standard InChI is InChI=1S/C17H30N2O2/c1-4-8-18-11-15-10-17(21-14(15)2)13-19(3)12-16-7-5-6-9-20-16/h10,16,18H,4-9,11-13H2,1-3H3. The third-order valence-corrected chi connectivity index (χ3v) is 4.03. The summed E-state index contributed by atoms with van der Waals surface area (Å²) in [6.45, 7) is 8.96. The Bertz CT molecular complexity index is 411. The second-order valence-corrected chi connectivity index (χ2v) is 6.16. The van der Waals surface area contributed by atoms with Crippen LogP contribution >= 0.6 is 0 Å². The molecule has 0 spiro atoms. The summed E-state index contributed by atoms with van der Waals surface area (Å²) in [7, 11) is 2.14. The Morgan fingerprint density at radius 1 is 1.38 bits per heavy atom.